The number of hydrogen-bond donors (Lipinski definition) is 1. The van der Waals surface area contributed by atoms with E-state index in [9.17, 15) is 0 Å². The van der Waals surface area contributed by atoms with Crippen molar-refractivity contribution in [2.45, 2.75) is 45.6 Å². The van der Waals surface area contributed by atoms with E-state index in [0.717, 1.165) is 19.0 Å². The first-order valence-electron chi connectivity index (χ1n) is 8.34. The predicted octanol–water partition coefficient (Wildman–Crippen LogP) is 3.85. The first-order chi connectivity index (χ1) is 9.85. The van der Waals surface area contributed by atoms with Crippen LogP contribution in [0.1, 0.15) is 51.1 Å². The second-order valence-corrected chi connectivity index (χ2v) is 6.04. The molecule has 1 aromatic carbocycles. The lowest BCUT2D eigenvalue weighted by Crippen LogP contribution is -2.42. The maximum atomic E-state index is 3.62. The van der Waals surface area contributed by atoms with Crippen LogP contribution >= 0.6 is 0 Å². The Morgan fingerprint density at radius 1 is 1.25 bits per heavy atom. The fourth-order valence-electron chi connectivity index (χ4n) is 3.26. The number of nitrogens with one attached hydrogen (secondary N) is 1. The minimum Gasteiger partial charge on any atom is -0.315 e. The second-order valence-electron chi connectivity index (χ2n) is 6.04. The highest BCUT2D eigenvalue weighted by atomic mass is 15.2. The number of nitrogens with zero attached hydrogens (tertiary/aromatic N) is 1. The van der Waals surface area contributed by atoms with E-state index >= 15 is 0 Å². The molecule has 0 saturated carbocycles. The normalized spacial score (nSPS) is 21.8. The van der Waals surface area contributed by atoms with Gasteiger partial charge in [-0.05, 0) is 43.8 Å². The Hall–Kier alpha value is -0.860. The lowest BCUT2D eigenvalue weighted by atomic mass is 9.93. The molecule has 1 N–H and O–H groups in total. The highest BCUT2D eigenvalue weighted by Gasteiger charge is 2.25. The van der Waals surface area contributed by atoms with Crippen molar-refractivity contribution < 1.29 is 0 Å². The van der Waals surface area contributed by atoms with Gasteiger partial charge in [0.1, 0.15) is 0 Å². The first kappa shape index (κ1) is 15.5. The Morgan fingerprint density at radius 2 is 2.05 bits per heavy atom. The van der Waals surface area contributed by atoms with Crippen LogP contribution in [0.15, 0.2) is 30.3 Å². The molecule has 0 spiro atoms. The molecule has 2 rings (SSSR count). The molecular weight excluding hydrogens is 244 g/mol. The van der Waals surface area contributed by atoms with Crippen molar-refractivity contribution in [3.63, 3.8) is 0 Å². The summed E-state index contributed by atoms with van der Waals surface area (Å²) in [5, 5.41) is 3.62. The highest BCUT2D eigenvalue weighted by molar-refractivity contribution is 5.19. The minimum absolute atomic E-state index is 0.539. The molecule has 112 valence electrons. The van der Waals surface area contributed by atoms with Crippen molar-refractivity contribution >= 4 is 0 Å². The SMILES string of the molecule is CCCNCC(c1ccccc1)N1CCCC(CC)C1. The van der Waals surface area contributed by atoms with Crippen molar-refractivity contribution in [3.05, 3.63) is 35.9 Å². The van der Waals surface area contributed by atoms with Crippen LogP contribution < -0.4 is 5.32 Å². The number of likely N-dealkylation sites (tertiary alicyclic amines) is 1. The summed E-state index contributed by atoms with van der Waals surface area (Å²) in [4.78, 5) is 2.70. The molecule has 2 atom stereocenters. The average Bonchev–Trinajstić information content (AvgIpc) is 2.52. The smallest absolute Gasteiger partial charge is 0.0472 e. The summed E-state index contributed by atoms with van der Waals surface area (Å²) in [6.45, 7) is 9.29. The van der Waals surface area contributed by atoms with Crippen LogP contribution in [0.25, 0.3) is 0 Å². The van der Waals surface area contributed by atoms with E-state index in [-0.39, 0.29) is 0 Å². The van der Waals surface area contributed by atoms with Gasteiger partial charge in [-0.3, -0.25) is 4.90 Å². The zero-order valence-electron chi connectivity index (χ0n) is 13.1. The quantitative estimate of drug-likeness (QED) is 0.760. The zero-order chi connectivity index (χ0) is 14.2. The van der Waals surface area contributed by atoms with Crippen molar-refractivity contribution in [3.8, 4) is 0 Å². The third-order valence-electron chi connectivity index (χ3n) is 4.52. The number of benzene rings is 1. The van der Waals surface area contributed by atoms with Crippen molar-refractivity contribution in [1.29, 1.82) is 0 Å². The van der Waals surface area contributed by atoms with Gasteiger partial charge in [0.15, 0.2) is 0 Å². The van der Waals surface area contributed by atoms with Crippen LogP contribution in [0, 0.1) is 5.92 Å². The molecule has 0 radical (unpaired) electrons. The Bertz CT molecular complexity index is 363. The van der Waals surface area contributed by atoms with Gasteiger partial charge in [0, 0.05) is 19.1 Å². The van der Waals surface area contributed by atoms with E-state index in [2.05, 4.69) is 54.4 Å². The third kappa shape index (κ3) is 4.32. The van der Waals surface area contributed by atoms with Gasteiger partial charge in [0.25, 0.3) is 0 Å². The van der Waals surface area contributed by atoms with Crippen LogP contribution in [0.5, 0.6) is 0 Å². The molecule has 1 aromatic rings. The fraction of sp³-hybridized carbons (Fsp3) is 0.667. The van der Waals surface area contributed by atoms with E-state index in [1.807, 2.05) is 0 Å². The van der Waals surface area contributed by atoms with E-state index in [1.54, 1.807) is 0 Å². The topological polar surface area (TPSA) is 15.3 Å². The molecule has 2 nitrogen and oxygen atoms in total. The van der Waals surface area contributed by atoms with Gasteiger partial charge in [-0.15, -0.1) is 0 Å². The highest BCUT2D eigenvalue weighted by Crippen LogP contribution is 2.27. The Morgan fingerprint density at radius 3 is 2.75 bits per heavy atom. The van der Waals surface area contributed by atoms with Crippen LogP contribution in [-0.4, -0.2) is 31.1 Å². The van der Waals surface area contributed by atoms with Crippen LogP contribution in [-0.2, 0) is 0 Å². The minimum atomic E-state index is 0.539. The Kier molecular flexibility index (Phi) is 6.55. The average molecular weight is 274 g/mol. The molecule has 0 aliphatic carbocycles. The first-order valence-corrected chi connectivity index (χ1v) is 8.34. The van der Waals surface area contributed by atoms with Gasteiger partial charge in [-0.25, -0.2) is 0 Å². The largest absolute Gasteiger partial charge is 0.315 e. The Balaban J connectivity index is 2.05. The zero-order valence-corrected chi connectivity index (χ0v) is 13.1. The maximum Gasteiger partial charge on any atom is 0.0472 e. The number of piperidine rings is 1. The van der Waals surface area contributed by atoms with E-state index in [1.165, 1.54) is 44.3 Å². The summed E-state index contributed by atoms with van der Waals surface area (Å²) in [5.41, 5.74) is 1.47. The lowest BCUT2D eigenvalue weighted by Gasteiger charge is -2.38. The van der Waals surface area contributed by atoms with Gasteiger partial charge < -0.3 is 5.32 Å². The molecule has 0 aromatic heterocycles. The van der Waals surface area contributed by atoms with Gasteiger partial charge in [0.2, 0.25) is 0 Å². The summed E-state index contributed by atoms with van der Waals surface area (Å²) >= 11 is 0. The summed E-state index contributed by atoms with van der Waals surface area (Å²) < 4.78 is 0. The molecule has 0 bridgehead atoms. The molecule has 1 aliphatic rings. The third-order valence-corrected chi connectivity index (χ3v) is 4.52. The predicted molar refractivity (Wildman–Crippen MR) is 86.9 cm³/mol. The molecule has 20 heavy (non-hydrogen) atoms. The number of rotatable bonds is 7. The monoisotopic (exact) mass is 274 g/mol. The molecular formula is C18H30N2. The second kappa shape index (κ2) is 8.43. The Labute approximate surface area is 124 Å². The number of hydrogen-bond acceptors (Lipinski definition) is 2. The fourth-order valence-corrected chi connectivity index (χ4v) is 3.26. The lowest BCUT2D eigenvalue weighted by molar-refractivity contribution is 0.119. The van der Waals surface area contributed by atoms with E-state index < -0.39 is 0 Å². The van der Waals surface area contributed by atoms with Crippen LogP contribution in [0.2, 0.25) is 0 Å². The van der Waals surface area contributed by atoms with Gasteiger partial charge in [-0.2, -0.15) is 0 Å². The summed E-state index contributed by atoms with van der Waals surface area (Å²) in [7, 11) is 0. The molecule has 2 heteroatoms. The summed E-state index contributed by atoms with van der Waals surface area (Å²) in [6, 6.07) is 11.6. The van der Waals surface area contributed by atoms with Crippen LogP contribution in [0.3, 0.4) is 0 Å². The molecule has 1 aliphatic heterocycles. The molecule has 2 unspecified atom stereocenters. The molecule has 1 heterocycles. The van der Waals surface area contributed by atoms with Crippen molar-refractivity contribution in [1.82, 2.24) is 10.2 Å². The maximum absolute atomic E-state index is 3.62. The summed E-state index contributed by atoms with van der Waals surface area (Å²) in [5.74, 6) is 0.890. The molecule has 0 amide bonds. The molecule has 1 saturated heterocycles. The summed E-state index contributed by atoms with van der Waals surface area (Å²) in [6.07, 6.45) is 5.30. The van der Waals surface area contributed by atoms with Crippen molar-refractivity contribution in [2.75, 3.05) is 26.2 Å². The van der Waals surface area contributed by atoms with Gasteiger partial charge >= 0.3 is 0 Å². The standard InChI is InChI=1S/C18H30N2/c1-3-12-19-14-18(17-10-6-5-7-11-17)20-13-8-9-16(4-2)15-20/h5-7,10-11,16,18-19H,3-4,8-9,12-15H2,1-2H3. The van der Waals surface area contributed by atoms with Gasteiger partial charge in [-0.1, -0.05) is 50.6 Å². The van der Waals surface area contributed by atoms with E-state index in [0.29, 0.717) is 6.04 Å². The van der Waals surface area contributed by atoms with Gasteiger partial charge in [0.05, 0.1) is 0 Å². The molecule has 1 fully saturated rings. The van der Waals surface area contributed by atoms with Crippen molar-refractivity contribution in [2.24, 2.45) is 5.92 Å². The van der Waals surface area contributed by atoms with Crippen LogP contribution in [0.4, 0.5) is 0 Å². The van der Waals surface area contributed by atoms with E-state index in [4.69, 9.17) is 0 Å².